The molecule has 1 unspecified atom stereocenters. The van der Waals surface area contributed by atoms with Crippen LogP contribution < -0.4 is 0 Å². The van der Waals surface area contributed by atoms with E-state index in [1.54, 1.807) is 6.07 Å². The molecule has 106 valence electrons. The van der Waals surface area contributed by atoms with Gasteiger partial charge in [-0.05, 0) is 30.0 Å². The fourth-order valence-corrected chi connectivity index (χ4v) is 3.14. The van der Waals surface area contributed by atoms with Crippen molar-refractivity contribution in [1.82, 2.24) is 0 Å². The topological polar surface area (TPSA) is 20.2 Å². The molecule has 1 atom stereocenters. The van der Waals surface area contributed by atoms with Gasteiger partial charge in [0.15, 0.2) is 0 Å². The highest BCUT2D eigenvalue weighted by atomic mass is 79.9. The van der Waals surface area contributed by atoms with Gasteiger partial charge < -0.3 is 5.11 Å². The second-order valence-electron chi connectivity index (χ2n) is 5.14. The maximum atomic E-state index is 12.8. The molecule has 1 nitrogen and oxygen atoms in total. The van der Waals surface area contributed by atoms with Gasteiger partial charge in [-0.2, -0.15) is 13.2 Å². The fraction of sp³-hybridized carbons (Fsp3) is 0.571. The van der Waals surface area contributed by atoms with E-state index in [0.717, 1.165) is 31.7 Å². The Morgan fingerprint density at radius 1 is 1.26 bits per heavy atom. The predicted octanol–water partition coefficient (Wildman–Crippen LogP) is 5.08. The van der Waals surface area contributed by atoms with Crippen LogP contribution in [0.4, 0.5) is 13.2 Å². The molecule has 1 N–H and O–H groups in total. The summed E-state index contributed by atoms with van der Waals surface area (Å²) in [7, 11) is 0. The van der Waals surface area contributed by atoms with E-state index in [0.29, 0.717) is 17.9 Å². The first-order valence-corrected chi connectivity index (χ1v) is 7.22. The van der Waals surface area contributed by atoms with Crippen LogP contribution in [0.3, 0.4) is 0 Å². The second kappa shape index (κ2) is 5.83. The zero-order valence-electron chi connectivity index (χ0n) is 10.4. The summed E-state index contributed by atoms with van der Waals surface area (Å²) in [6.07, 6.45) is -0.200. The number of alkyl halides is 3. The van der Waals surface area contributed by atoms with Gasteiger partial charge in [0.2, 0.25) is 0 Å². The summed E-state index contributed by atoms with van der Waals surface area (Å²) in [5.41, 5.74) is -0.377. The Morgan fingerprint density at radius 2 is 1.89 bits per heavy atom. The van der Waals surface area contributed by atoms with Gasteiger partial charge in [0, 0.05) is 4.47 Å². The number of rotatable bonds is 3. The Kier molecular flexibility index (Phi) is 4.56. The van der Waals surface area contributed by atoms with Crippen LogP contribution in [0, 0.1) is 5.92 Å². The third kappa shape index (κ3) is 3.72. The summed E-state index contributed by atoms with van der Waals surface area (Å²) in [6.45, 7) is 0. The monoisotopic (exact) mass is 336 g/mol. The molecule has 0 aromatic heterocycles. The van der Waals surface area contributed by atoms with E-state index in [9.17, 15) is 18.3 Å². The molecule has 1 aliphatic rings. The van der Waals surface area contributed by atoms with Crippen molar-refractivity contribution >= 4 is 15.9 Å². The Bertz CT molecular complexity index is 439. The van der Waals surface area contributed by atoms with E-state index in [1.165, 1.54) is 6.07 Å². The lowest BCUT2D eigenvalue weighted by Gasteiger charge is -2.18. The average Bonchev–Trinajstić information content (AvgIpc) is 2.80. The molecule has 1 aromatic carbocycles. The lowest BCUT2D eigenvalue weighted by Crippen LogP contribution is -2.09. The van der Waals surface area contributed by atoms with Gasteiger partial charge in [0.1, 0.15) is 0 Å². The lowest BCUT2D eigenvalue weighted by atomic mass is 9.95. The van der Waals surface area contributed by atoms with E-state index in [1.807, 2.05) is 0 Å². The van der Waals surface area contributed by atoms with Crippen LogP contribution in [0.2, 0.25) is 0 Å². The Hall–Kier alpha value is -0.550. The first kappa shape index (κ1) is 14.9. The van der Waals surface area contributed by atoms with Crippen LogP contribution in [0.5, 0.6) is 0 Å². The first-order valence-electron chi connectivity index (χ1n) is 6.42. The number of halogens is 4. The van der Waals surface area contributed by atoms with Crippen molar-refractivity contribution in [1.29, 1.82) is 0 Å². The summed E-state index contributed by atoms with van der Waals surface area (Å²) in [4.78, 5) is 0. The number of hydrogen-bond donors (Lipinski definition) is 1. The minimum atomic E-state index is -4.40. The molecule has 1 aliphatic carbocycles. The molecule has 1 fully saturated rings. The minimum Gasteiger partial charge on any atom is -0.388 e. The van der Waals surface area contributed by atoms with Crippen LogP contribution in [0.25, 0.3) is 0 Å². The van der Waals surface area contributed by atoms with Gasteiger partial charge in [-0.15, -0.1) is 0 Å². The van der Waals surface area contributed by atoms with Crippen molar-refractivity contribution in [3.05, 3.63) is 33.8 Å². The smallest absolute Gasteiger partial charge is 0.388 e. The third-order valence-corrected chi connectivity index (χ3v) is 4.40. The van der Waals surface area contributed by atoms with Gasteiger partial charge in [0.05, 0.1) is 11.7 Å². The molecule has 0 spiro atoms. The fourth-order valence-electron chi connectivity index (χ4n) is 2.67. The molecular weight excluding hydrogens is 321 g/mol. The van der Waals surface area contributed by atoms with Crippen LogP contribution in [0.15, 0.2) is 22.7 Å². The highest BCUT2D eigenvalue weighted by Gasteiger charge is 2.33. The maximum Gasteiger partial charge on any atom is 0.417 e. The van der Waals surface area contributed by atoms with Crippen LogP contribution >= 0.6 is 15.9 Å². The van der Waals surface area contributed by atoms with Gasteiger partial charge >= 0.3 is 6.18 Å². The van der Waals surface area contributed by atoms with Crippen molar-refractivity contribution < 1.29 is 18.3 Å². The van der Waals surface area contributed by atoms with E-state index in [-0.39, 0.29) is 4.47 Å². The van der Waals surface area contributed by atoms with Gasteiger partial charge in [0.25, 0.3) is 0 Å². The Labute approximate surface area is 119 Å². The molecule has 0 aliphatic heterocycles. The van der Waals surface area contributed by atoms with Crippen LogP contribution in [-0.2, 0) is 6.18 Å². The van der Waals surface area contributed by atoms with Gasteiger partial charge in [-0.25, -0.2) is 0 Å². The number of aliphatic hydroxyl groups is 1. The molecular formula is C14H16BrF3O. The average molecular weight is 337 g/mol. The molecule has 1 aromatic rings. The maximum absolute atomic E-state index is 12.8. The largest absolute Gasteiger partial charge is 0.417 e. The van der Waals surface area contributed by atoms with Crippen molar-refractivity contribution in [3.63, 3.8) is 0 Å². The number of hydrogen-bond acceptors (Lipinski definition) is 1. The quantitative estimate of drug-likeness (QED) is 0.815. The lowest BCUT2D eigenvalue weighted by molar-refractivity contribution is -0.138. The predicted molar refractivity (Wildman–Crippen MR) is 70.7 cm³/mol. The molecule has 0 bridgehead atoms. The standard InChI is InChI=1S/C14H16BrF3O/c15-12-6-5-10(8-11(12)14(16,17)18)13(19)7-9-3-1-2-4-9/h5-6,8-9,13,19H,1-4,7H2. The molecule has 5 heteroatoms. The van der Waals surface area contributed by atoms with Crippen molar-refractivity contribution in [2.45, 2.75) is 44.4 Å². The summed E-state index contributed by atoms with van der Waals surface area (Å²) in [6, 6.07) is 3.96. The normalized spacial score (nSPS) is 18.8. The molecule has 0 amide bonds. The van der Waals surface area contributed by atoms with Crippen molar-refractivity contribution in [3.8, 4) is 0 Å². The van der Waals surface area contributed by atoms with E-state index in [2.05, 4.69) is 15.9 Å². The molecule has 0 radical (unpaired) electrons. The van der Waals surface area contributed by atoms with E-state index < -0.39 is 17.8 Å². The summed E-state index contributed by atoms with van der Waals surface area (Å²) < 4.78 is 38.4. The summed E-state index contributed by atoms with van der Waals surface area (Å²) >= 11 is 2.90. The summed E-state index contributed by atoms with van der Waals surface area (Å²) in [5, 5.41) is 10.1. The SMILES string of the molecule is OC(CC1CCCC1)c1ccc(Br)c(C(F)(F)F)c1. The highest BCUT2D eigenvalue weighted by molar-refractivity contribution is 9.10. The molecule has 19 heavy (non-hydrogen) atoms. The van der Waals surface area contributed by atoms with Gasteiger partial charge in [-0.1, -0.05) is 47.7 Å². The van der Waals surface area contributed by atoms with E-state index in [4.69, 9.17) is 0 Å². The zero-order valence-corrected chi connectivity index (χ0v) is 12.0. The van der Waals surface area contributed by atoms with Crippen molar-refractivity contribution in [2.75, 3.05) is 0 Å². The number of benzene rings is 1. The third-order valence-electron chi connectivity index (χ3n) is 3.71. The Morgan fingerprint density at radius 3 is 2.47 bits per heavy atom. The first-order chi connectivity index (χ1) is 8.88. The van der Waals surface area contributed by atoms with Gasteiger partial charge in [-0.3, -0.25) is 0 Å². The van der Waals surface area contributed by atoms with Crippen LogP contribution in [0.1, 0.15) is 49.3 Å². The molecule has 1 saturated carbocycles. The molecule has 0 heterocycles. The Balaban J connectivity index is 2.15. The second-order valence-corrected chi connectivity index (χ2v) is 5.99. The van der Waals surface area contributed by atoms with Crippen LogP contribution in [-0.4, -0.2) is 5.11 Å². The molecule has 2 rings (SSSR count). The van der Waals surface area contributed by atoms with E-state index >= 15 is 0 Å². The minimum absolute atomic E-state index is 0.0109. The number of aliphatic hydroxyl groups excluding tert-OH is 1. The summed E-state index contributed by atoms with van der Waals surface area (Å²) in [5.74, 6) is 0.438. The highest BCUT2D eigenvalue weighted by Crippen LogP contribution is 2.38. The zero-order chi connectivity index (χ0) is 14.0. The van der Waals surface area contributed by atoms with Crippen molar-refractivity contribution in [2.24, 2.45) is 5.92 Å². The molecule has 0 saturated heterocycles.